The molecule has 0 unspecified atom stereocenters. The maximum atomic E-state index is 5.79. The lowest BCUT2D eigenvalue weighted by Gasteiger charge is -2.25. The van der Waals surface area contributed by atoms with Crippen molar-refractivity contribution < 1.29 is 4.74 Å². The molecule has 1 fully saturated rings. The van der Waals surface area contributed by atoms with Gasteiger partial charge in [-0.1, -0.05) is 25.3 Å². The standard InChI is InChI=1S/C15H24N2O/c1-18-15-11-14(16)8-7-13(15)12-17-9-5-3-2-4-6-10-17/h7-8,11H,2-6,9-10,12,16H2,1H3. The fourth-order valence-electron chi connectivity index (χ4n) is 2.60. The van der Waals surface area contributed by atoms with Crippen LogP contribution in [0.2, 0.25) is 0 Å². The molecule has 0 spiro atoms. The summed E-state index contributed by atoms with van der Waals surface area (Å²) in [4.78, 5) is 2.53. The zero-order valence-electron chi connectivity index (χ0n) is 11.3. The number of hydrogen-bond donors (Lipinski definition) is 1. The first kappa shape index (κ1) is 13.2. The quantitative estimate of drug-likeness (QED) is 0.836. The highest BCUT2D eigenvalue weighted by Gasteiger charge is 2.11. The number of nitrogen functional groups attached to an aromatic ring is 1. The van der Waals surface area contributed by atoms with Gasteiger partial charge in [0, 0.05) is 23.9 Å². The predicted molar refractivity (Wildman–Crippen MR) is 75.8 cm³/mol. The maximum absolute atomic E-state index is 5.79. The number of anilines is 1. The Bertz CT molecular complexity index is 371. The summed E-state index contributed by atoms with van der Waals surface area (Å²) in [6.45, 7) is 3.38. The Hall–Kier alpha value is -1.22. The van der Waals surface area contributed by atoms with Crippen LogP contribution in [0.3, 0.4) is 0 Å². The Balaban J connectivity index is 2.02. The number of rotatable bonds is 3. The highest BCUT2D eigenvalue weighted by molar-refractivity contribution is 5.48. The fourth-order valence-corrected chi connectivity index (χ4v) is 2.60. The second kappa shape index (κ2) is 6.64. The Morgan fingerprint density at radius 3 is 2.44 bits per heavy atom. The molecule has 1 saturated heterocycles. The number of nitrogens with zero attached hydrogens (tertiary/aromatic N) is 1. The van der Waals surface area contributed by atoms with E-state index in [1.165, 1.54) is 50.8 Å². The molecule has 0 aliphatic carbocycles. The molecule has 100 valence electrons. The SMILES string of the molecule is COc1cc(N)ccc1CN1CCCCCCC1. The predicted octanol–water partition coefficient (Wildman–Crippen LogP) is 3.04. The number of nitrogens with two attached hydrogens (primary N) is 1. The molecule has 1 aliphatic rings. The van der Waals surface area contributed by atoms with Crippen molar-refractivity contribution in [2.24, 2.45) is 0 Å². The molecule has 1 heterocycles. The molecule has 3 heteroatoms. The molecule has 0 amide bonds. The number of ether oxygens (including phenoxy) is 1. The molecule has 0 atom stereocenters. The van der Waals surface area contributed by atoms with E-state index >= 15 is 0 Å². The van der Waals surface area contributed by atoms with Gasteiger partial charge in [-0.05, 0) is 32.0 Å². The number of benzene rings is 1. The molecule has 1 aliphatic heterocycles. The van der Waals surface area contributed by atoms with Crippen molar-refractivity contribution in [3.63, 3.8) is 0 Å². The van der Waals surface area contributed by atoms with Gasteiger partial charge in [-0.15, -0.1) is 0 Å². The van der Waals surface area contributed by atoms with Crippen LogP contribution in [0.5, 0.6) is 5.75 Å². The van der Waals surface area contributed by atoms with Gasteiger partial charge in [0.1, 0.15) is 5.75 Å². The molecule has 2 rings (SSSR count). The second-order valence-corrected chi connectivity index (χ2v) is 5.12. The van der Waals surface area contributed by atoms with Gasteiger partial charge in [0.2, 0.25) is 0 Å². The molecule has 0 aromatic heterocycles. The Kier molecular flexibility index (Phi) is 4.88. The summed E-state index contributed by atoms with van der Waals surface area (Å²) in [6, 6.07) is 5.97. The van der Waals surface area contributed by atoms with Crippen molar-refractivity contribution in [2.45, 2.75) is 38.6 Å². The number of hydrogen-bond acceptors (Lipinski definition) is 3. The average Bonchev–Trinajstić information content (AvgIpc) is 2.34. The zero-order chi connectivity index (χ0) is 12.8. The molecule has 1 aromatic rings. The highest BCUT2D eigenvalue weighted by atomic mass is 16.5. The third-order valence-electron chi connectivity index (χ3n) is 3.65. The molecule has 3 nitrogen and oxygen atoms in total. The average molecular weight is 248 g/mol. The van der Waals surface area contributed by atoms with Crippen LogP contribution in [0, 0.1) is 0 Å². The molecule has 0 bridgehead atoms. The van der Waals surface area contributed by atoms with Crippen molar-refractivity contribution in [1.29, 1.82) is 0 Å². The van der Waals surface area contributed by atoms with E-state index in [1.807, 2.05) is 12.1 Å². The van der Waals surface area contributed by atoms with Gasteiger partial charge in [0.05, 0.1) is 7.11 Å². The van der Waals surface area contributed by atoms with Gasteiger partial charge in [0.15, 0.2) is 0 Å². The first-order chi connectivity index (χ1) is 8.79. The minimum atomic E-state index is 0.767. The van der Waals surface area contributed by atoms with E-state index in [2.05, 4.69) is 11.0 Å². The summed E-state index contributed by atoms with van der Waals surface area (Å²) in [5.41, 5.74) is 7.80. The third-order valence-corrected chi connectivity index (χ3v) is 3.65. The first-order valence-corrected chi connectivity index (χ1v) is 6.94. The van der Waals surface area contributed by atoms with E-state index in [4.69, 9.17) is 10.5 Å². The first-order valence-electron chi connectivity index (χ1n) is 6.94. The largest absolute Gasteiger partial charge is 0.496 e. The van der Waals surface area contributed by atoms with Crippen LogP contribution in [-0.4, -0.2) is 25.1 Å². The Morgan fingerprint density at radius 1 is 1.11 bits per heavy atom. The fraction of sp³-hybridized carbons (Fsp3) is 0.600. The van der Waals surface area contributed by atoms with Crippen LogP contribution >= 0.6 is 0 Å². The third kappa shape index (κ3) is 3.64. The van der Waals surface area contributed by atoms with Crippen LogP contribution in [0.25, 0.3) is 0 Å². The molecular formula is C15H24N2O. The summed E-state index contributed by atoms with van der Waals surface area (Å²) < 4.78 is 5.42. The van der Waals surface area contributed by atoms with Gasteiger partial charge < -0.3 is 10.5 Å². The van der Waals surface area contributed by atoms with E-state index < -0.39 is 0 Å². The smallest absolute Gasteiger partial charge is 0.125 e. The highest BCUT2D eigenvalue weighted by Crippen LogP contribution is 2.24. The minimum Gasteiger partial charge on any atom is -0.496 e. The lowest BCUT2D eigenvalue weighted by Crippen LogP contribution is -2.27. The number of likely N-dealkylation sites (tertiary alicyclic amines) is 1. The van der Waals surface area contributed by atoms with E-state index in [0.29, 0.717) is 0 Å². The van der Waals surface area contributed by atoms with E-state index in [0.717, 1.165) is 18.0 Å². The second-order valence-electron chi connectivity index (χ2n) is 5.12. The number of methoxy groups -OCH3 is 1. The van der Waals surface area contributed by atoms with Crippen LogP contribution in [0.4, 0.5) is 5.69 Å². The lowest BCUT2D eigenvalue weighted by atomic mass is 10.1. The normalized spacial score (nSPS) is 18.1. The molecule has 2 N–H and O–H groups in total. The van der Waals surface area contributed by atoms with Crippen LogP contribution in [0.15, 0.2) is 18.2 Å². The van der Waals surface area contributed by atoms with Crippen molar-refractivity contribution in [3.05, 3.63) is 23.8 Å². The van der Waals surface area contributed by atoms with Crippen LogP contribution in [0.1, 0.15) is 37.7 Å². The van der Waals surface area contributed by atoms with Gasteiger partial charge in [0.25, 0.3) is 0 Å². The summed E-state index contributed by atoms with van der Waals surface area (Å²) in [7, 11) is 1.71. The summed E-state index contributed by atoms with van der Waals surface area (Å²) in [6.07, 6.45) is 6.78. The minimum absolute atomic E-state index is 0.767. The Labute approximate surface area is 110 Å². The van der Waals surface area contributed by atoms with Gasteiger partial charge in [-0.3, -0.25) is 4.90 Å². The molecule has 18 heavy (non-hydrogen) atoms. The topological polar surface area (TPSA) is 38.5 Å². The summed E-state index contributed by atoms with van der Waals surface area (Å²) >= 11 is 0. The summed E-state index contributed by atoms with van der Waals surface area (Å²) in [5.74, 6) is 0.914. The Morgan fingerprint density at radius 2 is 1.78 bits per heavy atom. The van der Waals surface area contributed by atoms with Gasteiger partial charge >= 0.3 is 0 Å². The summed E-state index contributed by atoms with van der Waals surface area (Å²) in [5, 5.41) is 0. The van der Waals surface area contributed by atoms with Gasteiger partial charge in [-0.25, -0.2) is 0 Å². The van der Waals surface area contributed by atoms with Crippen molar-refractivity contribution in [3.8, 4) is 5.75 Å². The van der Waals surface area contributed by atoms with Crippen LogP contribution < -0.4 is 10.5 Å². The maximum Gasteiger partial charge on any atom is 0.125 e. The van der Waals surface area contributed by atoms with Crippen molar-refractivity contribution >= 4 is 5.69 Å². The molecular weight excluding hydrogens is 224 g/mol. The van der Waals surface area contributed by atoms with E-state index in [1.54, 1.807) is 7.11 Å². The monoisotopic (exact) mass is 248 g/mol. The molecule has 1 aromatic carbocycles. The van der Waals surface area contributed by atoms with Crippen LogP contribution in [-0.2, 0) is 6.54 Å². The van der Waals surface area contributed by atoms with E-state index in [-0.39, 0.29) is 0 Å². The van der Waals surface area contributed by atoms with Gasteiger partial charge in [-0.2, -0.15) is 0 Å². The molecule has 0 saturated carbocycles. The van der Waals surface area contributed by atoms with Crippen molar-refractivity contribution in [2.75, 3.05) is 25.9 Å². The lowest BCUT2D eigenvalue weighted by molar-refractivity contribution is 0.236. The van der Waals surface area contributed by atoms with E-state index in [9.17, 15) is 0 Å². The molecule has 0 radical (unpaired) electrons. The zero-order valence-corrected chi connectivity index (χ0v) is 11.3. The van der Waals surface area contributed by atoms with Crippen molar-refractivity contribution in [1.82, 2.24) is 4.90 Å².